The molecule has 4 nitrogen and oxygen atoms in total. The maximum atomic E-state index is 4.41. The van der Waals surface area contributed by atoms with Crippen molar-refractivity contribution < 1.29 is 0 Å². The summed E-state index contributed by atoms with van der Waals surface area (Å²) in [5, 5.41) is 6.72. The minimum Gasteiger partial charge on any atom is -0.370 e. The summed E-state index contributed by atoms with van der Waals surface area (Å²) < 4.78 is 0. The summed E-state index contributed by atoms with van der Waals surface area (Å²) in [7, 11) is 0. The van der Waals surface area contributed by atoms with Gasteiger partial charge in [-0.15, -0.1) is 0 Å². The number of aryl methyl sites for hydroxylation is 2. The maximum absolute atomic E-state index is 4.41. The van der Waals surface area contributed by atoms with Crippen LogP contribution in [0, 0.1) is 6.92 Å². The van der Waals surface area contributed by atoms with Crippen molar-refractivity contribution >= 4 is 5.82 Å². The Bertz CT molecular complexity index is 426. The Balaban J connectivity index is 1.86. The average molecular weight is 246 g/mol. The van der Waals surface area contributed by atoms with Crippen molar-refractivity contribution in [2.45, 2.75) is 33.1 Å². The molecule has 0 aliphatic carbocycles. The molecule has 18 heavy (non-hydrogen) atoms. The Morgan fingerprint density at radius 2 is 2.28 bits per heavy atom. The highest BCUT2D eigenvalue weighted by Crippen LogP contribution is 2.11. The lowest BCUT2D eigenvalue weighted by atomic mass is 10.1. The molecule has 2 N–H and O–H groups in total. The van der Waals surface area contributed by atoms with Gasteiger partial charge in [0.1, 0.15) is 11.6 Å². The molecule has 0 saturated heterocycles. The predicted octanol–water partition coefficient (Wildman–Crippen LogP) is 2.07. The van der Waals surface area contributed by atoms with E-state index in [0.717, 1.165) is 49.8 Å². The van der Waals surface area contributed by atoms with Gasteiger partial charge in [-0.1, -0.05) is 18.6 Å². The molecule has 0 bridgehead atoms. The summed E-state index contributed by atoms with van der Waals surface area (Å²) >= 11 is 0. The van der Waals surface area contributed by atoms with Gasteiger partial charge in [-0.2, -0.15) is 0 Å². The third kappa shape index (κ3) is 3.81. The van der Waals surface area contributed by atoms with Crippen molar-refractivity contribution in [3.63, 3.8) is 0 Å². The summed E-state index contributed by atoms with van der Waals surface area (Å²) in [5.74, 6) is 1.80. The highest BCUT2D eigenvalue weighted by atomic mass is 15.0. The van der Waals surface area contributed by atoms with Gasteiger partial charge in [-0.3, -0.25) is 0 Å². The van der Waals surface area contributed by atoms with Gasteiger partial charge in [-0.25, -0.2) is 9.97 Å². The highest BCUT2D eigenvalue weighted by molar-refractivity contribution is 5.36. The zero-order valence-corrected chi connectivity index (χ0v) is 11.3. The molecule has 0 unspecified atom stereocenters. The van der Waals surface area contributed by atoms with E-state index in [9.17, 15) is 0 Å². The molecule has 0 saturated carbocycles. The minimum atomic E-state index is 0.845. The van der Waals surface area contributed by atoms with Crippen LogP contribution in [-0.2, 0) is 6.42 Å². The molecule has 1 aromatic heterocycles. The molecule has 0 aromatic carbocycles. The lowest BCUT2D eigenvalue weighted by Gasteiger charge is -2.14. The molecule has 1 aliphatic rings. The molecule has 0 atom stereocenters. The maximum Gasteiger partial charge on any atom is 0.129 e. The van der Waals surface area contributed by atoms with Gasteiger partial charge in [0.15, 0.2) is 0 Å². The summed E-state index contributed by atoms with van der Waals surface area (Å²) in [6.45, 7) is 7.14. The molecule has 1 aromatic rings. The van der Waals surface area contributed by atoms with E-state index < -0.39 is 0 Å². The van der Waals surface area contributed by atoms with Crippen LogP contribution >= 0.6 is 0 Å². The van der Waals surface area contributed by atoms with Crippen LogP contribution in [0.2, 0.25) is 0 Å². The van der Waals surface area contributed by atoms with Crippen molar-refractivity contribution in [2.75, 3.05) is 25.0 Å². The Morgan fingerprint density at radius 1 is 1.39 bits per heavy atom. The van der Waals surface area contributed by atoms with E-state index in [4.69, 9.17) is 0 Å². The van der Waals surface area contributed by atoms with Gasteiger partial charge in [0.2, 0.25) is 0 Å². The largest absolute Gasteiger partial charge is 0.370 e. The van der Waals surface area contributed by atoms with Crippen LogP contribution in [0.1, 0.15) is 31.3 Å². The number of aromatic nitrogens is 2. The van der Waals surface area contributed by atoms with Gasteiger partial charge in [0.25, 0.3) is 0 Å². The SMILES string of the molecule is CCc1cc(NCCC2=CCNCC2)nc(C)n1. The van der Waals surface area contributed by atoms with Gasteiger partial charge in [-0.05, 0) is 32.7 Å². The van der Waals surface area contributed by atoms with Crippen LogP contribution in [0.3, 0.4) is 0 Å². The molecule has 2 heterocycles. The molecular weight excluding hydrogens is 224 g/mol. The second-order valence-corrected chi connectivity index (χ2v) is 4.64. The summed E-state index contributed by atoms with van der Waals surface area (Å²) in [5.41, 5.74) is 2.65. The zero-order chi connectivity index (χ0) is 12.8. The molecule has 0 radical (unpaired) electrons. The van der Waals surface area contributed by atoms with Crippen molar-refractivity contribution in [3.05, 3.63) is 29.2 Å². The first-order chi connectivity index (χ1) is 8.78. The average Bonchev–Trinajstić information content (AvgIpc) is 2.39. The first-order valence-electron chi connectivity index (χ1n) is 6.75. The van der Waals surface area contributed by atoms with Crippen molar-refractivity contribution in [1.29, 1.82) is 0 Å². The third-order valence-electron chi connectivity index (χ3n) is 3.16. The van der Waals surface area contributed by atoms with Crippen molar-refractivity contribution in [1.82, 2.24) is 15.3 Å². The Labute approximate surface area is 109 Å². The molecule has 1 aliphatic heterocycles. The lowest BCUT2D eigenvalue weighted by molar-refractivity contribution is 0.683. The van der Waals surface area contributed by atoms with E-state index in [1.807, 2.05) is 13.0 Å². The molecule has 0 amide bonds. The Hall–Kier alpha value is -1.42. The second kappa shape index (κ2) is 6.50. The van der Waals surface area contributed by atoms with Crippen LogP contribution in [0.5, 0.6) is 0 Å². The predicted molar refractivity (Wildman–Crippen MR) is 74.8 cm³/mol. The number of nitrogens with zero attached hydrogens (tertiary/aromatic N) is 2. The molecule has 0 fully saturated rings. The van der Waals surface area contributed by atoms with Crippen molar-refractivity contribution in [2.24, 2.45) is 0 Å². The van der Waals surface area contributed by atoms with E-state index in [1.165, 1.54) is 6.42 Å². The van der Waals surface area contributed by atoms with Crippen LogP contribution < -0.4 is 10.6 Å². The first-order valence-corrected chi connectivity index (χ1v) is 6.75. The number of anilines is 1. The molecular formula is C14H22N4. The third-order valence-corrected chi connectivity index (χ3v) is 3.16. The highest BCUT2D eigenvalue weighted by Gasteiger charge is 2.03. The van der Waals surface area contributed by atoms with Gasteiger partial charge >= 0.3 is 0 Å². The Kier molecular flexibility index (Phi) is 4.70. The van der Waals surface area contributed by atoms with E-state index in [0.29, 0.717) is 0 Å². The fourth-order valence-corrected chi connectivity index (χ4v) is 2.15. The summed E-state index contributed by atoms with van der Waals surface area (Å²) in [4.78, 5) is 8.79. The summed E-state index contributed by atoms with van der Waals surface area (Å²) in [6, 6.07) is 2.05. The topological polar surface area (TPSA) is 49.8 Å². The fraction of sp³-hybridized carbons (Fsp3) is 0.571. The summed E-state index contributed by atoms with van der Waals surface area (Å²) in [6.07, 6.45) is 5.53. The normalized spacial score (nSPS) is 15.3. The molecule has 0 spiro atoms. The van der Waals surface area contributed by atoms with Crippen LogP contribution in [-0.4, -0.2) is 29.6 Å². The smallest absolute Gasteiger partial charge is 0.129 e. The van der Waals surface area contributed by atoms with Crippen LogP contribution in [0.25, 0.3) is 0 Å². The first kappa shape index (κ1) is 13.0. The Morgan fingerprint density at radius 3 is 3.00 bits per heavy atom. The minimum absolute atomic E-state index is 0.845. The fourth-order valence-electron chi connectivity index (χ4n) is 2.15. The molecule has 2 rings (SSSR count). The number of rotatable bonds is 5. The van der Waals surface area contributed by atoms with Crippen LogP contribution in [0.4, 0.5) is 5.82 Å². The van der Waals surface area contributed by atoms with E-state index in [2.05, 4.69) is 33.6 Å². The van der Waals surface area contributed by atoms with E-state index >= 15 is 0 Å². The lowest BCUT2D eigenvalue weighted by Crippen LogP contribution is -2.21. The van der Waals surface area contributed by atoms with Gasteiger partial charge in [0.05, 0.1) is 0 Å². The monoisotopic (exact) mass is 246 g/mol. The van der Waals surface area contributed by atoms with Gasteiger partial charge in [0, 0.05) is 24.8 Å². The number of nitrogens with one attached hydrogen (secondary N) is 2. The standard InChI is InChI=1S/C14H22N4/c1-3-13-10-14(18-11(2)17-13)16-9-6-12-4-7-15-8-5-12/h4,10,15H,3,5-9H2,1-2H3,(H,16,17,18). The van der Waals surface area contributed by atoms with Crippen molar-refractivity contribution in [3.8, 4) is 0 Å². The van der Waals surface area contributed by atoms with E-state index in [1.54, 1.807) is 5.57 Å². The zero-order valence-electron chi connectivity index (χ0n) is 11.3. The van der Waals surface area contributed by atoms with Gasteiger partial charge < -0.3 is 10.6 Å². The van der Waals surface area contributed by atoms with Crippen LogP contribution in [0.15, 0.2) is 17.7 Å². The number of hydrogen-bond donors (Lipinski definition) is 2. The van der Waals surface area contributed by atoms with E-state index in [-0.39, 0.29) is 0 Å². The quantitative estimate of drug-likeness (QED) is 0.781. The number of hydrogen-bond acceptors (Lipinski definition) is 4. The second-order valence-electron chi connectivity index (χ2n) is 4.64. The molecule has 4 heteroatoms. The molecule has 98 valence electrons.